The first-order valence-electron chi connectivity index (χ1n) is 6.57. The molecular formula is C15H18O6. The second-order valence-electron chi connectivity index (χ2n) is 4.98. The van der Waals surface area contributed by atoms with Gasteiger partial charge in [0.1, 0.15) is 22.8 Å². The van der Waals surface area contributed by atoms with Gasteiger partial charge in [0.05, 0.1) is 5.56 Å². The molecule has 0 radical (unpaired) electrons. The van der Waals surface area contributed by atoms with Gasteiger partial charge in [-0.25, -0.2) is 4.79 Å². The van der Waals surface area contributed by atoms with E-state index in [0.717, 1.165) is 6.07 Å². The fourth-order valence-corrected chi connectivity index (χ4v) is 2.16. The summed E-state index contributed by atoms with van der Waals surface area (Å²) in [7, 11) is 0. The van der Waals surface area contributed by atoms with E-state index in [1.165, 1.54) is 0 Å². The van der Waals surface area contributed by atoms with E-state index in [9.17, 15) is 24.6 Å². The maximum atomic E-state index is 12.2. The highest BCUT2D eigenvalue weighted by atomic mass is 16.4. The lowest BCUT2D eigenvalue weighted by Gasteiger charge is -2.18. The Labute approximate surface area is 122 Å². The highest BCUT2D eigenvalue weighted by Gasteiger charge is 2.28. The fourth-order valence-electron chi connectivity index (χ4n) is 2.16. The summed E-state index contributed by atoms with van der Waals surface area (Å²) in [6.07, 6.45) is 0.904. The van der Waals surface area contributed by atoms with Crippen LogP contribution in [-0.2, 0) is 4.79 Å². The molecule has 0 unspecified atom stereocenters. The van der Waals surface area contributed by atoms with Crippen molar-refractivity contribution in [3.8, 4) is 11.5 Å². The van der Waals surface area contributed by atoms with E-state index in [1.807, 2.05) is 6.92 Å². The van der Waals surface area contributed by atoms with Gasteiger partial charge in [-0.05, 0) is 18.1 Å². The van der Waals surface area contributed by atoms with Crippen LogP contribution in [0.2, 0.25) is 0 Å². The SMILES string of the molecule is CC[C@@H](C)C(=O)[C@@H](C)c1cc(O)c(C(=O)O)c(O)c1C=O. The molecule has 0 fully saturated rings. The Hall–Kier alpha value is -2.37. The molecular weight excluding hydrogens is 276 g/mol. The lowest BCUT2D eigenvalue weighted by molar-refractivity contribution is -0.123. The van der Waals surface area contributed by atoms with Crippen LogP contribution in [0.3, 0.4) is 0 Å². The lowest BCUT2D eigenvalue weighted by atomic mass is 9.85. The van der Waals surface area contributed by atoms with E-state index in [1.54, 1.807) is 13.8 Å². The average Bonchev–Trinajstić information content (AvgIpc) is 2.43. The first kappa shape index (κ1) is 16.7. The van der Waals surface area contributed by atoms with Gasteiger partial charge in [-0.15, -0.1) is 0 Å². The monoisotopic (exact) mass is 294 g/mol. The molecule has 0 aliphatic carbocycles. The smallest absolute Gasteiger partial charge is 0.343 e. The van der Waals surface area contributed by atoms with Crippen molar-refractivity contribution < 1.29 is 29.7 Å². The van der Waals surface area contributed by atoms with Gasteiger partial charge in [-0.2, -0.15) is 0 Å². The number of carbonyl (C=O) groups excluding carboxylic acids is 2. The van der Waals surface area contributed by atoms with Crippen molar-refractivity contribution in [1.29, 1.82) is 0 Å². The summed E-state index contributed by atoms with van der Waals surface area (Å²) in [5.41, 5.74) is -0.909. The molecule has 6 heteroatoms. The third-order valence-electron chi connectivity index (χ3n) is 3.67. The predicted octanol–water partition coefficient (Wildman–Crippen LogP) is 2.33. The van der Waals surface area contributed by atoms with Gasteiger partial charge in [0.15, 0.2) is 6.29 Å². The van der Waals surface area contributed by atoms with Crippen LogP contribution in [-0.4, -0.2) is 33.4 Å². The minimum atomic E-state index is -1.56. The maximum Gasteiger partial charge on any atom is 0.343 e. The topological polar surface area (TPSA) is 112 Å². The summed E-state index contributed by atoms with van der Waals surface area (Å²) in [4.78, 5) is 34.3. The molecule has 0 spiro atoms. The first-order valence-corrected chi connectivity index (χ1v) is 6.57. The standard InChI is InChI=1S/C15H18O6/c1-4-7(2)13(18)8(3)9-5-11(17)12(15(20)21)14(19)10(9)6-16/h5-8,17,19H,4H2,1-3H3,(H,20,21)/t7-,8+/m1/s1. The Bertz CT molecular complexity index is 590. The van der Waals surface area contributed by atoms with Gasteiger partial charge in [0, 0.05) is 11.8 Å². The molecule has 1 aromatic rings. The Morgan fingerprint density at radius 2 is 1.86 bits per heavy atom. The van der Waals surface area contributed by atoms with E-state index in [-0.39, 0.29) is 29.1 Å². The van der Waals surface area contributed by atoms with Crippen LogP contribution in [0.4, 0.5) is 0 Å². The number of hydrogen-bond acceptors (Lipinski definition) is 5. The molecule has 0 bridgehead atoms. The van der Waals surface area contributed by atoms with E-state index in [2.05, 4.69) is 0 Å². The fraction of sp³-hybridized carbons (Fsp3) is 0.400. The van der Waals surface area contributed by atoms with Crippen LogP contribution >= 0.6 is 0 Å². The van der Waals surface area contributed by atoms with E-state index in [0.29, 0.717) is 6.42 Å². The van der Waals surface area contributed by atoms with Gasteiger partial charge in [-0.3, -0.25) is 9.59 Å². The Morgan fingerprint density at radius 3 is 2.29 bits per heavy atom. The first-order chi connectivity index (χ1) is 9.76. The zero-order chi connectivity index (χ0) is 16.3. The Morgan fingerprint density at radius 1 is 1.29 bits per heavy atom. The molecule has 21 heavy (non-hydrogen) atoms. The number of rotatable bonds is 6. The third kappa shape index (κ3) is 3.04. The molecule has 114 valence electrons. The molecule has 0 amide bonds. The highest BCUT2D eigenvalue weighted by molar-refractivity contribution is 6.00. The second kappa shape index (κ2) is 6.39. The summed E-state index contributed by atoms with van der Waals surface area (Å²) >= 11 is 0. The number of ketones is 1. The van der Waals surface area contributed by atoms with Crippen LogP contribution in [0.1, 0.15) is 59.4 Å². The summed E-state index contributed by atoms with van der Waals surface area (Å²) in [6.45, 7) is 5.14. The zero-order valence-electron chi connectivity index (χ0n) is 12.1. The number of Topliss-reactive ketones (excluding diaryl/α,β-unsaturated/α-hetero) is 1. The van der Waals surface area contributed by atoms with Crippen molar-refractivity contribution >= 4 is 18.0 Å². The van der Waals surface area contributed by atoms with Crippen molar-refractivity contribution in [3.05, 3.63) is 22.8 Å². The van der Waals surface area contributed by atoms with Crippen LogP contribution in [0.15, 0.2) is 6.07 Å². The number of aromatic hydroxyl groups is 2. The number of aldehydes is 1. The Kier molecular flexibility index (Phi) is 5.07. The predicted molar refractivity (Wildman–Crippen MR) is 75.0 cm³/mol. The third-order valence-corrected chi connectivity index (χ3v) is 3.67. The van der Waals surface area contributed by atoms with E-state index < -0.39 is 28.9 Å². The number of carbonyl (C=O) groups is 3. The molecule has 0 saturated carbocycles. The molecule has 0 aliphatic rings. The lowest BCUT2D eigenvalue weighted by Crippen LogP contribution is -2.19. The molecule has 0 saturated heterocycles. The van der Waals surface area contributed by atoms with Gasteiger partial charge < -0.3 is 15.3 Å². The van der Waals surface area contributed by atoms with Gasteiger partial charge in [-0.1, -0.05) is 20.8 Å². The van der Waals surface area contributed by atoms with Crippen molar-refractivity contribution in [2.75, 3.05) is 0 Å². The summed E-state index contributed by atoms with van der Waals surface area (Å²) in [5.74, 6) is -4.19. The zero-order valence-corrected chi connectivity index (χ0v) is 12.1. The summed E-state index contributed by atoms with van der Waals surface area (Å²) < 4.78 is 0. The van der Waals surface area contributed by atoms with Gasteiger partial charge in [0.25, 0.3) is 0 Å². The second-order valence-corrected chi connectivity index (χ2v) is 4.98. The Balaban J connectivity index is 3.48. The minimum Gasteiger partial charge on any atom is -0.507 e. The summed E-state index contributed by atoms with van der Waals surface area (Å²) in [5, 5.41) is 28.5. The van der Waals surface area contributed by atoms with Crippen LogP contribution in [0, 0.1) is 5.92 Å². The largest absolute Gasteiger partial charge is 0.507 e. The normalized spacial score (nSPS) is 13.5. The van der Waals surface area contributed by atoms with Gasteiger partial charge >= 0.3 is 5.97 Å². The van der Waals surface area contributed by atoms with E-state index >= 15 is 0 Å². The molecule has 1 aromatic carbocycles. The van der Waals surface area contributed by atoms with Crippen molar-refractivity contribution in [1.82, 2.24) is 0 Å². The molecule has 3 N–H and O–H groups in total. The maximum absolute atomic E-state index is 12.2. The van der Waals surface area contributed by atoms with Gasteiger partial charge in [0.2, 0.25) is 0 Å². The van der Waals surface area contributed by atoms with Crippen LogP contribution in [0.25, 0.3) is 0 Å². The van der Waals surface area contributed by atoms with Crippen LogP contribution < -0.4 is 0 Å². The molecule has 2 atom stereocenters. The van der Waals surface area contributed by atoms with Crippen molar-refractivity contribution in [3.63, 3.8) is 0 Å². The number of aromatic carboxylic acids is 1. The molecule has 0 heterocycles. The molecule has 1 rings (SSSR count). The quantitative estimate of drug-likeness (QED) is 0.694. The number of benzene rings is 1. The van der Waals surface area contributed by atoms with E-state index in [4.69, 9.17) is 5.11 Å². The molecule has 0 aromatic heterocycles. The average molecular weight is 294 g/mol. The number of carboxylic acids is 1. The van der Waals surface area contributed by atoms with Crippen molar-refractivity contribution in [2.45, 2.75) is 33.1 Å². The minimum absolute atomic E-state index is 0.121. The van der Waals surface area contributed by atoms with Crippen LogP contribution in [0.5, 0.6) is 11.5 Å². The molecule has 0 aliphatic heterocycles. The number of carboxylic acid groups (broad SMARTS) is 1. The summed E-state index contributed by atoms with van der Waals surface area (Å²) in [6, 6.07) is 1.05. The molecule has 6 nitrogen and oxygen atoms in total. The number of phenols is 2. The van der Waals surface area contributed by atoms with Crippen molar-refractivity contribution in [2.24, 2.45) is 5.92 Å². The number of hydrogen-bond donors (Lipinski definition) is 3. The highest BCUT2D eigenvalue weighted by Crippen LogP contribution is 2.37.